The van der Waals surface area contributed by atoms with Crippen LogP contribution in [-0.4, -0.2) is 118 Å². The Labute approximate surface area is 187 Å². The molecule has 4 amide bonds. The number of aliphatic hydroxyl groups excluding tert-OH is 4. The van der Waals surface area contributed by atoms with Crippen LogP contribution in [-0.2, 0) is 28.7 Å². The smallest absolute Gasteiger partial charge is 0.341 e. The molecule has 1 aliphatic rings. The second kappa shape index (κ2) is 13.6. The van der Waals surface area contributed by atoms with Gasteiger partial charge in [-0.1, -0.05) is 0 Å². The van der Waals surface area contributed by atoms with Crippen LogP contribution < -0.4 is 27.0 Å². The van der Waals surface area contributed by atoms with E-state index in [1.807, 2.05) is 5.32 Å². The average molecular weight is 479 g/mol. The molecule has 0 radical (unpaired) electrons. The lowest BCUT2D eigenvalue weighted by Crippen LogP contribution is -2.59. The predicted octanol–water partition coefficient (Wildman–Crippen LogP) is -6.56. The van der Waals surface area contributed by atoms with Crippen LogP contribution in [0.15, 0.2) is 0 Å². The van der Waals surface area contributed by atoms with E-state index in [2.05, 4.69) is 16.0 Å². The van der Waals surface area contributed by atoms with Gasteiger partial charge in [-0.3, -0.25) is 19.2 Å². The van der Waals surface area contributed by atoms with Crippen molar-refractivity contribution in [2.75, 3.05) is 26.2 Å². The number of carboxylic acids is 1. The molecule has 16 heteroatoms. The quantitative estimate of drug-likeness (QED) is 0.117. The largest absolute Gasteiger partial charge is 0.479 e. The van der Waals surface area contributed by atoms with Crippen LogP contribution in [0.5, 0.6) is 0 Å². The number of carbonyl (C=O) groups is 5. The number of carbonyl (C=O) groups excluding carboxylic acids is 4. The van der Waals surface area contributed by atoms with Crippen molar-refractivity contribution in [2.24, 2.45) is 5.73 Å². The molecule has 0 aromatic rings. The summed E-state index contributed by atoms with van der Waals surface area (Å²) in [4.78, 5) is 57.2. The van der Waals surface area contributed by atoms with Crippen LogP contribution in [0, 0.1) is 0 Å². The molecular formula is C17H29N5O11. The molecule has 1 aliphatic heterocycles. The molecule has 33 heavy (non-hydrogen) atoms. The molecule has 1 unspecified atom stereocenters. The molecule has 0 aromatic carbocycles. The van der Waals surface area contributed by atoms with Gasteiger partial charge in [0.1, 0.15) is 24.4 Å². The van der Waals surface area contributed by atoms with Crippen molar-refractivity contribution in [3.8, 4) is 0 Å². The van der Waals surface area contributed by atoms with Gasteiger partial charge in [0.15, 0.2) is 6.17 Å². The molecular weight excluding hydrogens is 450 g/mol. The fourth-order valence-electron chi connectivity index (χ4n) is 2.71. The van der Waals surface area contributed by atoms with Gasteiger partial charge in [0.2, 0.25) is 23.6 Å². The third-order valence-electron chi connectivity index (χ3n) is 4.53. The molecule has 1 rings (SSSR count). The fourth-order valence-corrected chi connectivity index (χ4v) is 2.71. The van der Waals surface area contributed by atoms with Gasteiger partial charge in [0.05, 0.1) is 32.2 Å². The molecule has 1 heterocycles. The number of amides is 4. The summed E-state index contributed by atoms with van der Waals surface area (Å²) < 4.78 is 5.21. The fraction of sp³-hybridized carbons (Fsp3) is 0.706. The molecule has 0 bridgehead atoms. The summed E-state index contributed by atoms with van der Waals surface area (Å²) in [6, 6.07) is 0. The number of rotatable bonds is 12. The SMILES string of the molecule is NC(NC(=O)CNC(=O)CNC(=O)CCNC(=O)C[C@H]1O[C@H](CO)[C@H](O)[C@H](O)[C@H]1O)C(=O)O. The number of carboxylic acid groups (broad SMARTS) is 1. The highest BCUT2D eigenvalue weighted by Crippen LogP contribution is 2.23. The number of aliphatic hydroxyl groups is 4. The lowest BCUT2D eigenvalue weighted by molar-refractivity contribution is -0.229. The molecule has 0 aliphatic carbocycles. The Morgan fingerprint density at radius 3 is 2.00 bits per heavy atom. The molecule has 0 aromatic heterocycles. The normalized spacial score (nSPS) is 25.4. The first-order valence-electron chi connectivity index (χ1n) is 9.84. The number of hydrogen-bond acceptors (Lipinski definition) is 11. The summed E-state index contributed by atoms with van der Waals surface area (Å²) in [5.74, 6) is -4.26. The van der Waals surface area contributed by atoms with Crippen molar-refractivity contribution in [1.29, 1.82) is 0 Å². The topological polar surface area (TPSA) is 270 Å². The van der Waals surface area contributed by atoms with E-state index in [0.717, 1.165) is 0 Å². The minimum atomic E-state index is -1.62. The zero-order valence-electron chi connectivity index (χ0n) is 17.5. The van der Waals surface area contributed by atoms with E-state index in [1.165, 1.54) is 0 Å². The Morgan fingerprint density at radius 1 is 0.818 bits per heavy atom. The molecule has 6 atom stereocenters. The summed E-state index contributed by atoms with van der Waals surface area (Å²) in [6.45, 7) is -1.78. The first-order chi connectivity index (χ1) is 15.5. The summed E-state index contributed by atoms with van der Waals surface area (Å²) >= 11 is 0. The standard InChI is InChI=1S/C17H29N5O11/c18-16(17(31)32)22-12(27)5-21-11(26)4-20-9(24)1-2-19-10(25)3-7-13(28)15(30)14(29)8(6-23)33-7/h7-8,13-16,23,28-30H,1-6,18H2,(H,19,25)(H,20,24)(H,21,26)(H,22,27)(H,31,32)/t7-,8-,13+,14+,15-,16?/m1/s1. The highest BCUT2D eigenvalue weighted by molar-refractivity contribution is 5.89. The van der Waals surface area contributed by atoms with E-state index in [0.29, 0.717) is 0 Å². The Kier molecular flexibility index (Phi) is 11.6. The Hall–Kier alpha value is -2.89. The third-order valence-corrected chi connectivity index (χ3v) is 4.53. The number of hydrogen-bond donors (Lipinski definition) is 10. The number of aliphatic carboxylic acids is 1. The lowest BCUT2D eigenvalue weighted by Gasteiger charge is -2.39. The molecule has 0 saturated carbocycles. The van der Waals surface area contributed by atoms with Gasteiger partial charge in [0.25, 0.3) is 0 Å². The van der Waals surface area contributed by atoms with E-state index >= 15 is 0 Å². The molecule has 11 N–H and O–H groups in total. The van der Waals surface area contributed by atoms with Gasteiger partial charge in [0, 0.05) is 13.0 Å². The predicted molar refractivity (Wildman–Crippen MR) is 106 cm³/mol. The zero-order valence-corrected chi connectivity index (χ0v) is 17.5. The van der Waals surface area contributed by atoms with Gasteiger partial charge in [-0.05, 0) is 0 Å². The number of nitrogens with two attached hydrogens (primary N) is 1. The third kappa shape index (κ3) is 9.64. The molecule has 188 valence electrons. The van der Waals surface area contributed by atoms with Gasteiger partial charge in [-0.25, -0.2) is 4.79 Å². The van der Waals surface area contributed by atoms with E-state index in [4.69, 9.17) is 20.7 Å². The average Bonchev–Trinajstić information content (AvgIpc) is 2.76. The lowest BCUT2D eigenvalue weighted by atomic mass is 9.93. The summed E-state index contributed by atoms with van der Waals surface area (Å²) in [5, 5.41) is 55.7. The highest BCUT2D eigenvalue weighted by atomic mass is 16.5. The van der Waals surface area contributed by atoms with Gasteiger partial charge >= 0.3 is 5.97 Å². The van der Waals surface area contributed by atoms with Crippen molar-refractivity contribution >= 4 is 29.6 Å². The Bertz CT molecular complexity index is 719. The van der Waals surface area contributed by atoms with Gasteiger partial charge < -0.3 is 57.3 Å². The summed E-state index contributed by atoms with van der Waals surface area (Å²) in [5.41, 5.74) is 5.09. The first kappa shape index (κ1) is 28.1. The van der Waals surface area contributed by atoms with Crippen molar-refractivity contribution in [1.82, 2.24) is 21.3 Å². The molecule has 16 nitrogen and oxygen atoms in total. The van der Waals surface area contributed by atoms with E-state index in [9.17, 15) is 39.3 Å². The van der Waals surface area contributed by atoms with Crippen LogP contribution in [0.4, 0.5) is 0 Å². The van der Waals surface area contributed by atoms with Crippen LogP contribution in [0.2, 0.25) is 0 Å². The zero-order chi connectivity index (χ0) is 25.1. The van der Waals surface area contributed by atoms with Crippen molar-refractivity contribution < 1.29 is 54.2 Å². The van der Waals surface area contributed by atoms with E-state index in [1.54, 1.807) is 0 Å². The summed E-state index contributed by atoms with van der Waals surface area (Å²) in [7, 11) is 0. The first-order valence-corrected chi connectivity index (χ1v) is 9.84. The minimum absolute atomic E-state index is 0.126. The second-order valence-corrected chi connectivity index (χ2v) is 7.11. The van der Waals surface area contributed by atoms with E-state index in [-0.39, 0.29) is 13.0 Å². The number of ether oxygens (including phenoxy) is 1. The van der Waals surface area contributed by atoms with Crippen molar-refractivity contribution in [3.05, 3.63) is 0 Å². The Morgan fingerprint density at radius 2 is 1.39 bits per heavy atom. The maximum Gasteiger partial charge on any atom is 0.341 e. The van der Waals surface area contributed by atoms with Crippen molar-refractivity contribution in [3.63, 3.8) is 0 Å². The maximum atomic E-state index is 12.0. The maximum absolute atomic E-state index is 12.0. The molecule has 0 spiro atoms. The molecule has 1 fully saturated rings. The van der Waals surface area contributed by atoms with Gasteiger partial charge in [-0.15, -0.1) is 0 Å². The van der Waals surface area contributed by atoms with Crippen LogP contribution >= 0.6 is 0 Å². The van der Waals surface area contributed by atoms with Gasteiger partial charge in [-0.2, -0.15) is 0 Å². The Balaban J connectivity index is 2.24. The van der Waals surface area contributed by atoms with Crippen molar-refractivity contribution in [2.45, 2.75) is 49.5 Å². The second-order valence-electron chi connectivity index (χ2n) is 7.11. The summed E-state index contributed by atoms with van der Waals surface area (Å²) in [6.07, 6.45) is -9.26. The monoisotopic (exact) mass is 479 g/mol. The molecule has 1 saturated heterocycles. The van der Waals surface area contributed by atoms with Crippen LogP contribution in [0.3, 0.4) is 0 Å². The van der Waals surface area contributed by atoms with Crippen LogP contribution in [0.25, 0.3) is 0 Å². The van der Waals surface area contributed by atoms with E-state index < -0.39 is 92.4 Å². The minimum Gasteiger partial charge on any atom is -0.479 e. The van der Waals surface area contributed by atoms with Crippen LogP contribution in [0.1, 0.15) is 12.8 Å². The highest BCUT2D eigenvalue weighted by Gasteiger charge is 2.43. The number of nitrogens with one attached hydrogen (secondary N) is 4.